The number of hydrogen-bond acceptors (Lipinski definition) is 5. The molecule has 0 aliphatic carbocycles. The molecule has 3 heterocycles. The molecule has 5 rings (SSSR count). The Labute approximate surface area is 218 Å². The number of halogens is 1. The number of aromatic amines is 1. The van der Waals surface area contributed by atoms with Crippen molar-refractivity contribution in [3.05, 3.63) is 64.3 Å². The second kappa shape index (κ2) is 10.1. The molecule has 2 aliphatic heterocycles. The van der Waals surface area contributed by atoms with Gasteiger partial charge >= 0.3 is 0 Å². The Balaban J connectivity index is 1.46. The lowest BCUT2D eigenvalue weighted by Crippen LogP contribution is -2.49. The first-order chi connectivity index (χ1) is 17.9. The molecule has 1 aromatic heterocycles. The number of rotatable bonds is 6. The van der Waals surface area contributed by atoms with Crippen LogP contribution < -0.4 is 15.4 Å². The second-order valence-electron chi connectivity index (χ2n) is 9.30. The standard InChI is InChI=1S/C27H26ClN5O4/c1-37-23-4-2-3-21-20(23)13-22(32-21)27(36)33-10-8-15-11-17(28)5-6-19(15)24(33)26(35)31-18(14-29)12-16-7-9-30-25(16)34/h2-6,11,13,16,18,24,32H,7-10,12H2,1H3,(H,30,34)(H,31,35)/t16-,18-,24-/m0/s1. The molecular weight excluding hydrogens is 494 g/mol. The van der Waals surface area contributed by atoms with Crippen molar-refractivity contribution in [1.82, 2.24) is 20.5 Å². The van der Waals surface area contributed by atoms with Crippen molar-refractivity contribution >= 4 is 40.2 Å². The summed E-state index contributed by atoms with van der Waals surface area (Å²) in [7, 11) is 1.57. The van der Waals surface area contributed by atoms with Crippen LogP contribution in [0, 0.1) is 17.2 Å². The second-order valence-corrected chi connectivity index (χ2v) is 9.74. The molecule has 2 aliphatic rings. The first-order valence-corrected chi connectivity index (χ1v) is 12.5. The monoisotopic (exact) mass is 519 g/mol. The van der Waals surface area contributed by atoms with Crippen molar-refractivity contribution < 1.29 is 19.1 Å². The molecule has 2 aromatic carbocycles. The minimum atomic E-state index is -0.963. The van der Waals surface area contributed by atoms with E-state index in [1.165, 1.54) is 4.90 Å². The molecule has 1 fully saturated rings. The van der Waals surface area contributed by atoms with E-state index in [1.54, 1.807) is 31.4 Å². The maximum atomic E-state index is 13.8. The Morgan fingerprint density at radius 1 is 1.30 bits per heavy atom. The molecule has 3 N–H and O–H groups in total. The van der Waals surface area contributed by atoms with Crippen molar-refractivity contribution in [3.8, 4) is 11.8 Å². The van der Waals surface area contributed by atoms with Crippen LogP contribution in [0.1, 0.15) is 40.5 Å². The lowest BCUT2D eigenvalue weighted by Gasteiger charge is -2.36. The average molecular weight is 520 g/mol. The normalized spacial score (nSPS) is 19.6. The molecule has 3 atom stereocenters. The topological polar surface area (TPSA) is 127 Å². The number of hydrogen-bond donors (Lipinski definition) is 3. The lowest BCUT2D eigenvalue weighted by molar-refractivity contribution is -0.127. The van der Waals surface area contributed by atoms with Gasteiger partial charge in [0.1, 0.15) is 23.5 Å². The summed E-state index contributed by atoms with van der Waals surface area (Å²) in [6, 6.07) is 12.7. The van der Waals surface area contributed by atoms with Gasteiger partial charge in [0.05, 0.1) is 13.2 Å². The van der Waals surface area contributed by atoms with Gasteiger partial charge < -0.3 is 25.3 Å². The number of methoxy groups -OCH3 is 1. The van der Waals surface area contributed by atoms with Crippen molar-refractivity contribution in [2.45, 2.75) is 31.3 Å². The lowest BCUT2D eigenvalue weighted by atomic mass is 9.91. The van der Waals surface area contributed by atoms with E-state index in [1.807, 2.05) is 18.2 Å². The highest BCUT2D eigenvalue weighted by Crippen LogP contribution is 2.34. The van der Waals surface area contributed by atoms with E-state index in [0.717, 1.165) is 16.5 Å². The van der Waals surface area contributed by atoms with Crippen molar-refractivity contribution in [3.63, 3.8) is 0 Å². The fourth-order valence-corrected chi connectivity index (χ4v) is 5.42. The maximum absolute atomic E-state index is 13.8. The number of carbonyl (C=O) groups is 3. The zero-order valence-electron chi connectivity index (χ0n) is 20.2. The van der Waals surface area contributed by atoms with Gasteiger partial charge in [-0.2, -0.15) is 5.26 Å². The number of nitrogens with one attached hydrogen (secondary N) is 3. The Morgan fingerprint density at radius 2 is 2.14 bits per heavy atom. The number of carbonyl (C=O) groups excluding carboxylic acids is 3. The smallest absolute Gasteiger partial charge is 0.271 e. The Kier molecular flexibility index (Phi) is 6.76. The van der Waals surface area contributed by atoms with Crippen LogP contribution in [0.25, 0.3) is 10.9 Å². The number of nitriles is 1. The number of aromatic nitrogens is 1. The van der Waals surface area contributed by atoms with Crippen LogP contribution in [0.3, 0.4) is 0 Å². The Morgan fingerprint density at radius 3 is 2.86 bits per heavy atom. The molecule has 10 heteroatoms. The Bertz CT molecular complexity index is 1430. The molecule has 0 spiro atoms. The summed E-state index contributed by atoms with van der Waals surface area (Å²) in [6.45, 7) is 0.850. The molecule has 3 amide bonds. The van der Waals surface area contributed by atoms with E-state index in [4.69, 9.17) is 16.3 Å². The average Bonchev–Trinajstić information content (AvgIpc) is 3.52. The van der Waals surface area contributed by atoms with Gasteiger partial charge in [0.15, 0.2) is 0 Å². The number of amides is 3. The molecule has 0 saturated carbocycles. The number of ether oxygens (including phenoxy) is 1. The van der Waals surface area contributed by atoms with Crippen LogP contribution in [-0.2, 0) is 16.0 Å². The maximum Gasteiger partial charge on any atom is 0.271 e. The van der Waals surface area contributed by atoms with Crippen LogP contribution >= 0.6 is 11.6 Å². The van der Waals surface area contributed by atoms with E-state index < -0.39 is 18.0 Å². The molecule has 3 aromatic rings. The third-order valence-corrected chi connectivity index (χ3v) is 7.31. The fraction of sp³-hybridized carbons (Fsp3) is 0.333. The number of nitrogens with zero attached hydrogens (tertiary/aromatic N) is 2. The van der Waals surface area contributed by atoms with Gasteiger partial charge in [-0.05, 0) is 60.7 Å². The third kappa shape index (κ3) is 4.72. The van der Waals surface area contributed by atoms with E-state index >= 15 is 0 Å². The van der Waals surface area contributed by atoms with Gasteiger partial charge in [-0.15, -0.1) is 0 Å². The zero-order valence-corrected chi connectivity index (χ0v) is 21.0. The van der Waals surface area contributed by atoms with Gasteiger partial charge in [-0.1, -0.05) is 23.7 Å². The number of benzene rings is 2. The van der Waals surface area contributed by atoms with Crippen molar-refractivity contribution in [1.29, 1.82) is 5.26 Å². The summed E-state index contributed by atoms with van der Waals surface area (Å²) < 4.78 is 5.42. The number of fused-ring (bicyclic) bond motifs is 2. The first-order valence-electron chi connectivity index (χ1n) is 12.1. The van der Waals surface area contributed by atoms with Crippen LogP contribution in [0.15, 0.2) is 42.5 Å². The predicted octanol–water partition coefficient (Wildman–Crippen LogP) is 3.10. The largest absolute Gasteiger partial charge is 0.496 e. The fourth-order valence-electron chi connectivity index (χ4n) is 5.22. The highest BCUT2D eigenvalue weighted by molar-refractivity contribution is 6.30. The van der Waals surface area contributed by atoms with E-state index in [0.29, 0.717) is 48.0 Å². The SMILES string of the molecule is COc1cccc2[nH]c(C(=O)N3CCc4cc(Cl)ccc4[C@H]3C(=O)N[C@H](C#N)C[C@@H]3CCNC3=O)cc12. The summed E-state index contributed by atoms with van der Waals surface area (Å²) in [5.41, 5.74) is 2.60. The van der Waals surface area contributed by atoms with E-state index in [9.17, 15) is 19.6 Å². The molecule has 0 bridgehead atoms. The summed E-state index contributed by atoms with van der Waals surface area (Å²) in [4.78, 5) is 44.1. The zero-order chi connectivity index (χ0) is 26.1. The molecular formula is C27H26ClN5O4. The molecule has 9 nitrogen and oxygen atoms in total. The van der Waals surface area contributed by atoms with Crippen molar-refractivity contribution in [2.75, 3.05) is 20.2 Å². The van der Waals surface area contributed by atoms with Crippen LogP contribution in [-0.4, -0.2) is 53.8 Å². The summed E-state index contributed by atoms with van der Waals surface area (Å²) in [5, 5.41) is 16.6. The number of H-pyrrole nitrogens is 1. The summed E-state index contributed by atoms with van der Waals surface area (Å²) in [5.74, 6) is -0.633. The first kappa shape index (κ1) is 24.7. The van der Waals surface area contributed by atoms with Crippen LogP contribution in [0.2, 0.25) is 5.02 Å². The van der Waals surface area contributed by atoms with Gasteiger partial charge in [0.25, 0.3) is 5.91 Å². The minimum absolute atomic E-state index is 0.113. The minimum Gasteiger partial charge on any atom is -0.496 e. The van der Waals surface area contributed by atoms with Gasteiger partial charge in [-0.25, -0.2) is 0 Å². The summed E-state index contributed by atoms with van der Waals surface area (Å²) in [6.07, 6.45) is 1.36. The van der Waals surface area contributed by atoms with Crippen LogP contribution in [0.4, 0.5) is 0 Å². The van der Waals surface area contributed by atoms with Gasteiger partial charge in [0, 0.05) is 34.9 Å². The van der Waals surface area contributed by atoms with Gasteiger partial charge in [-0.3, -0.25) is 14.4 Å². The molecule has 0 unspecified atom stereocenters. The van der Waals surface area contributed by atoms with E-state index in [2.05, 4.69) is 21.7 Å². The molecule has 0 radical (unpaired) electrons. The highest BCUT2D eigenvalue weighted by Gasteiger charge is 2.38. The molecule has 1 saturated heterocycles. The Hall–Kier alpha value is -4.03. The molecule has 37 heavy (non-hydrogen) atoms. The highest BCUT2D eigenvalue weighted by atomic mass is 35.5. The third-order valence-electron chi connectivity index (χ3n) is 7.07. The quantitative estimate of drug-likeness (QED) is 0.461. The van der Waals surface area contributed by atoms with Gasteiger partial charge in [0.2, 0.25) is 11.8 Å². The summed E-state index contributed by atoms with van der Waals surface area (Å²) >= 11 is 6.21. The van der Waals surface area contributed by atoms with Crippen molar-refractivity contribution in [2.24, 2.45) is 5.92 Å². The van der Waals surface area contributed by atoms with Crippen LogP contribution in [0.5, 0.6) is 5.75 Å². The molecule has 190 valence electrons. The van der Waals surface area contributed by atoms with E-state index in [-0.39, 0.29) is 24.2 Å². The predicted molar refractivity (Wildman–Crippen MR) is 137 cm³/mol.